The van der Waals surface area contributed by atoms with Gasteiger partial charge >= 0.3 is 5.97 Å². The van der Waals surface area contributed by atoms with Crippen LogP contribution in [0.5, 0.6) is 0 Å². The third-order valence-corrected chi connectivity index (χ3v) is 3.31. The molecule has 5 nitrogen and oxygen atoms in total. The minimum Gasteiger partial charge on any atom is -0.480 e. The number of carboxylic acids is 1. The second kappa shape index (κ2) is 8.26. The molecule has 0 spiro atoms. The maximum absolute atomic E-state index is 13.5. The van der Waals surface area contributed by atoms with Gasteiger partial charge in [0.05, 0.1) is 12.2 Å². The lowest BCUT2D eigenvalue weighted by atomic mass is 10.2. The summed E-state index contributed by atoms with van der Waals surface area (Å²) >= 11 is 2.94. The highest BCUT2D eigenvalue weighted by atomic mass is 79.9. The van der Waals surface area contributed by atoms with Gasteiger partial charge in [0.25, 0.3) is 0 Å². The van der Waals surface area contributed by atoms with Gasteiger partial charge in [0.2, 0.25) is 5.91 Å². The second-order valence-electron chi connectivity index (χ2n) is 4.22. The molecule has 0 saturated carbocycles. The Balaban J connectivity index is 0.00000400. The van der Waals surface area contributed by atoms with Crippen molar-refractivity contribution in [1.29, 1.82) is 0 Å². The van der Waals surface area contributed by atoms with Crippen LogP contribution in [-0.2, 0) is 9.59 Å². The summed E-state index contributed by atoms with van der Waals surface area (Å²) in [6.07, 6.45) is 0. The fraction of sp³-hybridized carbons (Fsp3) is 0.333. The third-order valence-electron chi connectivity index (χ3n) is 2.68. The third kappa shape index (κ3) is 5.56. The van der Waals surface area contributed by atoms with Crippen LogP contribution in [0, 0.1) is 11.6 Å². The van der Waals surface area contributed by atoms with Crippen LogP contribution in [0.1, 0.15) is 6.92 Å². The minimum absolute atomic E-state index is 0. The molecule has 1 amide bonds. The smallest absolute Gasteiger partial charge is 0.320 e. The Morgan fingerprint density at radius 2 is 2.00 bits per heavy atom. The fourth-order valence-electron chi connectivity index (χ4n) is 1.39. The normalized spacial score (nSPS) is 11.7. The second-order valence-corrected chi connectivity index (χ2v) is 5.08. The zero-order valence-electron chi connectivity index (χ0n) is 11.2. The topological polar surface area (TPSA) is 69.6 Å². The Bertz CT molecular complexity index is 522. The van der Waals surface area contributed by atoms with Gasteiger partial charge in [0.1, 0.15) is 11.9 Å². The Kier molecular flexibility index (Phi) is 7.76. The molecule has 0 heterocycles. The van der Waals surface area contributed by atoms with Crippen LogP contribution in [0.3, 0.4) is 0 Å². The molecule has 118 valence electrons. The van der Waals surface area contributed by atoms with Crippen molar-refractivity contribution in [2.45, 2.75) is 13.0 Å². The molecule has 0 aromatic heterocycles. The molecule has 1 rings (SSSR count). The monoisotopic (exact) mass is 386 g/mol. The van der Waals surface area contributed by atoms with Gasteiger partial charge in [-0.05, 0) is 36.0 Å². The molecule has 0 aliphatic heterocycles. The van der Waals surface area contributed by atoms with Crippen molar-refractivity contribution < 1.29 is 23.5 Å². The molecule has 0 bridgehead atoms. The molecule has 1 aromatic rings. The predicted octanol–water partition coefficient (Wildman–Crippen LogP) is 2.49. The average molecular weight is 388 g/mol. The standard InChI is InChI=1S/C12H13BrF2N2O3.ClH/c1-6(12(19)20)17(2)5-10(18)16-11-8(13)3-7(14)4-9(11)15;/h3-4,6H,5H2,1-2H3,(H,16,18)(H,19,20);1H. The van der Waals surface area contributed by atoms with Crippen LogP contribution in [0.2, 0.25) is 0 Å². The number of aliphatic carboxylic acids is 1. The van der Waals surface area contributed by atoms with Crippen LogP contribution in [0.25, 0.3) is 0 Å². The number of carbonyl (C=O) groups excluding carboxylic acids is 1. The summed E-state index contributed by atoms with van der Waals surface area (Å²) in [6, 6.07) is 0.800. The number of nitrogens with zero attached hydrogens (tertiary/aromatic N) is 1. The Morgan fingerprint density at radius 1 is 1.43 bits per heavy atom. The summed E-state index contributed by atoms with van der Waals surface area (Å²) < 4.78 is 26.5. The first kappa shape index (κ1) is 19.8. The van der Waals surface area contributed by atoms with E-state index in [-0.39, 0.29) is 29.1 Å². The molecule has 1 aromatic carbocycles. The predicted molar refractivity (Wildman–Crippen MR) is 79.7 cm³/mol. The largest absolute Gasteiger partial charge is 0.480 e. The van der Waals surface area contributed by atoms with E-state index in [2.05, 4.69) is 21.2 Å². The molecule has 1 unspecified atom stereocenters. The number of hydrogen-bond acceptors (Lipinski definition) is 3. The fourth-order valence-corrected chi connectivity index (χ4v) is 1.90. The van der Waals surface area contributed by atoms with Crippen LogP contribution in [-0.4, -0.2) is 41.5 Å². The maximum Gasteiger partial charge on any atom is 0.320 e. The molecule has 0 fully saturated rings. The summed E-state index contributed by atoms with van der Waals surface area (Å²) in [7, 11) is 1.45. The van der Waals surface area contributed by atoms with E-state index in [1.165, 1.54) is 18.9 Å². The Labute approximate surface area is 134 Å². The SMILES string of the molecule is CC(C(=O)O)N(C)CC(=O)Nc1c(F)cc(F)cc1Br.Cl. The van der Waals surface area contributed by atoms with E-state index in [1.807, 2.05) is 0 Å². The van der Waals surface area contributed by atoms with Gasteiger partial charge in [-0.2, -0.15) is 0 Å². The number of rotatable bonds is 5. The first-order chi connectivity index (χ1) is 9.22. The van der Waals surface area contributed by atoms with E-state index < -0.39 is 29.6 Å². The zero-order chi connectivity index (χ0) is 15.4. The van der Waals surface area contributed by atoms with Crippen molar-refractivity contribution in [2.24, 2.45) is 0 Å². The van der Waals surface area contributed by atoms with E-state index in [4.69, 9.17) is 5.11 Å². The lowest BCUT2D eigenvalue weighted by Crippen LogP contribution is -2.40. The maximum atomic E-state index is 13.5. The van der Waals surface area contributed by atoms with Crippen LogP contribution >= 0.6 is 28.3 Å². The van der Waals surface area contributed by atoms with Crippen LogP contribution in [0.15, 0.2) is 16.6 Å². The molecule has 0 saturated heterocycles. The van der Waals surface area contributed by atoms with Crippen molar-refractivity contribution in [1.82, 2.24) is 4.90 Å². The van der Waals surface area contributed by atoms with Crippen molar-refractivity contribution in [2.75, 3.05) is 18.9 Å². The van der Waals surface area contributed by atoms with Gasteiger partial charge in [-0.25, -0.2) is 8.78 Å². The summed E-state index contributed by atoms with van der Waals surface area (Å²) in [5.74, 6) is -3.37. The van der Waals surface area contributed by atoms with Gasteiger partial charge in [0, 0.05) is 10.5 Å². The molecule has 21 heavy (non-hydrogen) atoms. The van der Waals surface area contributed by atoms with Crippen LogP contribution < -0.4 is 5.32 Å². The number of likely N-dealkylation sites (N-methyl/N-ethyl adjacent to an activating group) is 1. The highest BCUT2D eigenvalue weighted by Crippen LogP contribution is 2.26. The molecular weight excluding hydrogens is 373 g/mol. The molecule has 0 aliphatic carbocycles. The quantitative estimate of drug-likeness (QED) is 0.814. The first-order valence-electron chi connectivity index (χ1n) is 5.59. The molecule has 0 aliphatic rings. The number of anilines is 1. The van der Waals surface area contributed by atoms with E-state index in [1.54, 1.807) is 0 Å². The van der Waals surface area contributed by atoms with E-state index in [9.17, 15) is 18.4 Å². The van der Waals surface area contributed by atoms with Crippen molar-refractivity contribution in [3.05, 3.63) is 28.2 Å². The van der Waals surface area contributed by atoms with Gasteiger partial charge in [-0.1, -0.05) is 0 Å². The number of halogens is 4. The molecule has 0 radical (unpaired) electrons. The van der Waals surface area contributed by atoms with Crippen molar-refractivity contribution >= 4 is 45.9 Å². The zero-order valence-corrected chi connectivity index (χ0v) is 13.6. The van der Waals surface area contributed by atoms with Gasteiger partial charge < -0.3 is 10.4 Å². The minimum atomic E-state index is -1.07. The Hall–Kier alpha value is -1.25. The lowest BCUT2D eigenvalue weighted by molar-refractivity contribution is -0.142. The summed E-state index contributed by atoms with van der Waals surface area (Å²) in [6.45, 7) is 1.18. The number of nitrogens with one attached hydrogen (secondary N) is 1. The highest BCUT2D eigenvalue weighted by molar-refractivity contribution is 9.10. The average Bonchev–Trinajstić information content (AvgIpc) is 2.32. The van der Waals surface area contributed by atoms with Gasteiger partial charge in [0.15, 0.2) is 5.82 Å². The summed E-state index contributed by atoms with van der Waals surface area (Å²) in [5, 5.41) is 11.1. The number of hydrogen-bond donors (Lipinski definition) is 2. The highest BCUT2D eigenvalue weighted by Gasteiger charge is 2.20. The number of carbonyl (C=O) groups is 2. The van der Waals surface area contributed by atoms with Gasteiger partial charge in [-0.15, -0.1) is 12.4 Å². The molecule has 9 heteroatoms. The molecule has 1 atom stereocenters. The lowest BCUT2D eigenvalue weighted by Gasteiger charge is -2.20. The summed E-state index contributed by atoms with van der Waals surface area (Å²) in [4.78, 5) is 23.7. The van der Waals surface area contributed by atoms with E-state index in [0.29, 0.717) is 6.07 Å². The Morgan fingerprint density at radius 3 is 2.48 bits per heavy atom. The van der Waals surface area contributed by atoms with Gasteiger partial charge in [-0.3, -0.25) is 14.5 Å². The first-order valence-corrected chi connectivity index (χ1v) is 6.39. The molecular formula is C12H14BrClF2N2O3. The van der Waals surface area contributed by atoms with Crippen molar-refractivity contribution in [3.63, 3.8) is 0 Å². The summed E-state index contributed by atoms with van der Waals surface area (Å²) in [5.41, 5.74) is -0.187. The molecule has 2 N–H and O–H groups in total. The number of amides is 1. The van der Waals surface area contributed by atoms with E-state index >= 15 is 0 Å². The number of carboxylic acid groups (broad SMARTS) is 1. The van der Waals surface area contributed by atoms with E-state index in [0.717, 1.165) is 6.07 Å². The van der Waals surface area contributed by atoms with Crippen LogP contribution in [0.4, 0.5) is 14.5 Å². The van der Waals surface area contributed by atoms with Crippen molar-refractivity contribution in [3.8, 4) is 0 Å². The number of benzene rings is 1.